The molecule has 7 heteroatoms. The van der Waals surface area contributed by atoms with Crippen LogP contribution in [0.25, 0.3) is 0 Å². The standard InChI is InChI=1S/C19H29N3O3S/c1-3-20-18(21-12-13-26(2,23)24)22-16-14-19(10-6-7-11-19)25-17-9-5-4-8-15(16)17/h4-5,8-9,16H,3,6-7,10-14H2,1-2H3,(H2,20,21,22). The third kappa shape index (κ3) is 4.69. The molecular weight excluding hydrogens is 350 g/mol. The molecule has 0 radical (unpaired) electrons. The lowest BCUT2D eigenvalue weighted by molar-refractivity contribution is 0.0396. The maximum atomic E-state index is 11.4. The number of nitrogens with zero attached hydrogens (tertiary/aromatic N) is 1. The molecule has 1 atom stereocenters. The zero-order valence-corrected chi connectivity index (χ0v) is 16.4. The van der Waals surface area contributed by atoms with Gasteiger partial charge in [0.1, 0.15) is 21.2 Å². The molecule has 144 valence electrons. The first-order valence-electron chi connectivity index (χ1n) is 9.41. The lowest BCUT2D eigenvalue weighted by Gasteiger charge is -2.40. The number of benzene rings is 1. The molecule has 1 unspecified atom stereocenters. The fraction of sp³-hybridized carbons (Fsp3) is 0.632. The molecule has 0 saturated heterocycles. The van der Waals surface area contributed by atoms with Gasteiger partial charge in [0.05, 0.1) is 18.3 Å². The molecule has 0 amide bonds. The molecule has 0 aromatic heterocycles. The summed E-state index contributed by atoms with van der Waals surface area (Å²) in [5, 5.41) is 6.74. The highest BCUT2D eigenvalue weighted by molar-refractivity contribution is 7.90. The monoisotopic (exact) mass is 379 g/mol. The van der Waals surface area contributed by atoms with E-state index in [2.05, 4.69) is 21.7 Å². The van der Waals surface area contributed by atoms with Crippen molar-refractivity contribution in [3.63, 3.8) is 0 Å². The van der Waals surface area contributed by atoms with Crippen molar-refractivity contribution in [1.29, 1.82) is 0 Å². The van der Waals surface area contributed by atoms with Crippen molar-refractivity contribution in [3.05, 3.63) is 29.8 Å². The molecule has 1 spiro atoms. The van der Waals surface area contributed by atoms with Gasteiger partial charge in [0, 0.05) is 24.8 Å². The molecule has 1 fully saturated rings. The molecular formula is C19H29N3O3S. The van der Waals surface area contributed by atoms with Crippen LogP contribution in [0.1, 0.15) is 50.6 Å². The smallest absolute Gasteiger partial charge is 0.191 e. The Morgan fingerprint density at radius 2 is 2.04 bits per heavy atom. The number of ether oxygens (including phenoxy) is 1. The van der Waals surface area contributed by atoms with Crippen molar-refractivity contribution >= 4 is 15.8 Å². The number of rotatable bonds is 5. The number of aliphatic imine (C=N–C) groups is 1. The minimum Gasteiger partial charge on any atom is -0.487 e. The zero-order valence-electron chi connectivity index (χ0n) is 15.6. The van der Waals surface area contributed by atoms with E-state index in [4.69, 9.17) is 4.74 Å². The van der Waals surface area contributed by atoms with Crippen LogP contribution in [0.5, 0.6) is 5.75 Å². The largest absolute Gasteiger partial charge is 0.487 e. The summed E-state index contributed by atoms with van der Waals surface area (Å²) in [5.41, 5.74) is 1.05. The molecule has 1 aromatic carbocycles. The molecule has 3 rings (SSSR count). The second-order valence-corrected chi connectivity index (χ2v) is 9.58. The Kier molecular flexibility index (Phi) is 5.75. The molecule has 1 saturated carbocycles. The van der Waals surface area contributed by atoms with Gasteiger partial charge in [-0.3, -0.25) is 4.99 Å². The number of hydrogen-bond acceptors (Lipinski definition) is 4. The van der Waals surface area contributed by atoms with Crippen molar-refractivity contribution in [2.45, 2.75) is 50.7 Å². The summed E-state index contributed by atoms with van der Waals surface area (Å²) in [5.74, 6) is 1.66. The van der Waals surface area contributed by atoms with Gasteiger partial charge in [0.15, 0.2) is 5.96 Å². The van der Waals surface area contributed by atoms with Crippen LogP contribution in [-0.2, 0) is 9.84 Å². The van der Waals surface area contributed by atoms with Crippen LogP contribution >= 0.6 is 0 Å². The normalized spacial score (nSPS) is 21.9. The van der Waals surface area contributed by atoms with Gasteiger partial charge in [-0.15, -0.1) is 0 Å². The summed E-state index contributed by atoms with van der Waals surface area (Å²) in [6, 6.07) is 8.27. The summed E-state index contributed by atoms with van der Waals surface area (Å²) in [7, 11) is -3.02. The van der Waals surface area contributed by atoms with Crippen LogP contribution in [-0.4, -0.2) is 45.1 Å². The first kappa shape index (κ1) is 19.0. The molecule has 2 aliphatic rings. The van der Waals surface area contributed by atoms with Gasteiger partial charge in [-0.2, -0.15) is 0 Å². The van der Waals surface area contributed by atoms with Gasteiger partial charge in [-0.1, -0.05) is 18.2 Å². The number of sulfone groups is 1. The van der Waals surface area contributed by atoms with E-state index in [0.717, 1.165) is 37.1 Å². The van der Waals surface area contributed by atoms with Gasteiger partial charge >= 0.3 is 0 Å². The number of nitrogens with one attached hydrogen (secondary N) is 2. The van der Waals surface area contributed by atoms with E-state index in [1.807, 2.05) is 25.1 Å². The Morgan fingerprint density at radius 3 is 2.73 bits per heavy atom. The predicted octanol–water partition coefficient (Wildman–Crippen LogP) is 2.42. The van der Waals surface area contributed by atoms with Gasteiger partial charge in [0.25, 0.3) is 0 Å². The summed E-state index contributed by atoms with van der Waals surface area (Å²) in [4.78, 5) is 4.46. The highest BCUT2D eigenvalue weighted by atomic mass is 32.2. The predicted molar refractivity (Wildman–Crippen MR) is 104 cm³/mol. The van der Waals surface area contributed by atoms with E-state index >= 15 is 0 Å². The Bertz CT molecular complexity index is 755. The third-order valence-electron chi connectivity index (χ3n) is 5.10. The Hall–Kier alpha value is -1.76. The molecule has 1 heterocycles. The van der Waals surface area contributed by atoms with Crippen LogP contribution in [0, 0.1) is 0 Å². The van der Waals surface area contributed by atoms with Crippen LogP contribution in [0.2, 0.25) is 0 Å². The molecule has 26 heavy (non-hydrogen) atoms. The molecule has 6 nitrogen and oxygen atoms in total. The van der Waals surface area contributed by atoms with E-state index < -0.39 is 9.84 Å². The topological polar surface area (TPSA) is 79.8 Å². The van der Waals surface area contributed by atoms with Crippen LogP contribution in [0.3, 0.4) is 0 Å². The average Bonchev–Trinajstić information content (AvgIpc) is 3.01. The number of hydrogen-bond donors (Lipinski definition) is 2. The van der Waals surface area contributed by atoms with Gasteiger partial charge < -0.3 is 15.4 Å². The number of guanidine groups is 1. The maximum Gasteiger partial charge on any atom is 0.191 e. The van der Waals surface area contributed by atoms with Crippen molar-refractivity contribution in [2.75, 3.05) is 25.1 Å². The van der Waals surface area contributed by atoms with E-state index in [0.29, 0.717) is 5.96 Å². The highest BCUT2D eigenvalue weighted by Gasteiger charge is 2.43. The second-order valence-electron chi connectivity index (χ2n) is 7.32. The summed E-state index contributed by atoms with van der Waals surface area (Å²) >= 11 is 0. The van der Waals surface area contributed by atoms with Crippen LogP contribution < -0.4 is 15.4 Å². The van der Waals surface area contributed by atoms with Gasteiger partial charge in [0.2, 0.25) is 0 Å². The van der Waals surface area contributed by atoms with Gasteiger partial charge in [-0.05, 0) is 38.7 Å². The van der Waals surface area contributed by atoms with E-state index in [9.17, 15) is 8.42 Å². The molecule has 2 N–H and O–H groups in total. The first-order valence-corrected chi connectivity index (χ1v) is 11.5. The molecule has 1 aliphatic carbocycles. The van der Waals surface area contributed by atoms with Gasteiger partial charge in [-0.25, -0.2) is 8.42 Å². The number of para-hydroxylation sites is 1. The van der Waals surface area contributed by atoms with Crippen molar-refractivity contribution < 1.29 is 13.2 Å². The van der Waals surface area contributed by atoms with Crippen molar-refractivity contribution in [3.8, 4) is 5.75 Å². The molecule has 1 aliphatic heterocycles. The highest BCUT2D eigenvalue weighted by Crippen LogP contribution is 2.46. The third-order valence-corrected chi connectivity index (χ3v) is 6.02. The van der Waals surface area contributed by atoms with E-state index in [1.54, 1.807) is 0 Å². The minimum atomic E-state index is -3.02. The Morgan fingerprint density at radius 1 is 1.31 bits per heavy atom. The summed E-state index contributed by atoms with van der Waals surface area (Å²) in [6.45, 7) is 2.98. The average molecular weight is 380 g/mol. The van der Waals surface area contributed by atoms with Crippen molar-refractivity contribution in [1.82, 2.24) is 10.6 Å². The summed E-state index contributed by atoms with van der Waals surface area (Å²) in [6.07, 6.45) is 6.72. The number of fused-ring (bicyclic) bond motifs is 1. The first-order chi connectivity index (χ1) is 12.4. The van der Waals surface area contributed by atoms with Crippen LogP contribution in [0.4, 0.5) is 0 Å². The minimum absolute atomic E-state index is 0.0534. The summed E-state index contributed by atoms with van der Waals surface area (Å²) < 4.78 is 29.1. The fourth-order valence-corrected chi connectivity index (χ4v) is 4.30. The second kappa shape index (κ2) is 7.86. The Labute approximate surface area is 156 Å². The van der Waals surface area contributed by atoms with E-state index in [-0.39, 0.29) is 23.9 Å². The molecule has 1 aromatic rings. The maximum absolute atomic E-state index is 11.4. The quantitative estimate of drug-likeness (QED) is 0.607. The Balaban J connectivity index is 1.79. The van der Waals surface area contributed by atoms with Crippen molar-refractivity contribution in [2.24, 2.45) is 4.99 Å². The molecule has 0 bridgehead atoms. The van der Waals surface area contributed by atoms with E-state index in [1.165, 1.54) is 19.1 Å². The fourth-order valence-electron chi connectivity index (χ4n) is 3.88. The lowest BCUT2D eigenvalue weighted by Crippen LogP contribution is -2.46. The lowest BCUT2D eigenvalue weighted by atomic mass is 9.86. The SMILES string of the molecule is CCNC(=NCCS(C)(=O)=O)NC1CC2(CCCC2)Oc2ccccc21. The van der Waals surface area contributed by atoms with Crippen LogP contribution in [0.15, 0.2) is 29.3 Å². The zero-order chi connectivity index (χ0) is 18.6.